The van der Waals surface area contributed by atoms with Crippen LogP contribution in [-0.2, 0) is 29.1 Å². The smallest absolute Gasteiger partial charge is 0.404 e. The summed E-state index contributed by atoms with van der Waals surface area (Å²) in [4.78, 5) is 37.8. The lowest BCUT2D eigenvalue weighted by atomic mass is 9.97. The van der Waals surface area contributed by atoms with Crippen LogP contribution in [0.1, 0.15) is 40.6 Å². The molecule has 0 fully saturated rings. The van der Waals surface area contributed by atoms with Crippen LogP contribution in [0.3, 0.4) is 0 Å². The number of rotatable bonds is 7. The Morgan fingerprint density at radius 1 is 1.11 bits per heavy atom. The molecule has 1 aromatic heterocycles. The summed E-state index contributed by atoms with van der Waals surface area (Å²) >= 11 is 0. The number of amides is 3. The Balaban J connectivity index is 1.56. The highest BCUT2D eigenvalue weighted by atomic mass is 16.6. The van der Waals surface area contributed by atoms with Crippen molar-refractivity contribution in [2.75, 3.05) is 4.90 Å². The molecule has 1 aliphatic heterocycles. The van der Waals surface area contributed by atoms with Gasteiger partial charge < -0.3 is 19.8 Å². The number of nitrogens with two attached hydrogens (primary N) is 2. The van der Waals surface area contributed by atoms with Crippen LogP contribution < -0.4 is 16.5 Å². The minimum absolute atomic E-state index is 0.0141. The van der Waals surface area contributed by atoms with Gasteiger partial charge >= 0.3 is 6.09 Å². The van der Waals surface area contributed by atoms with Crippen molar-refractivity contribution in [1.29, 1.82) is 0 Å². The zero-order chi connectivity index (χ0) is 25.1. The van der Waals surface area contributed by atoms with Crippen molar-refractivity contribution in [2.24, 2.45) is 11.6 Å². The lowest BCUT2D eigenvalue weighted by Crippen LogP contribution is -2.35. The summed E-state index contributed by atoms with van der Waals surface area (Å²) in [6.45, 7) is 5.62. The normalized spacial score (nSPS) is 12.7. The van der Waals surface area contributed by atoms with Crippen molar-refractivity contribution in [3.63, 3.8) is 0 Å². The number of benzene rings is 2. The molecular weight excluding hydrogens is 448 g/mol. The quantitative estimate of drug-likeness (QED) is 0.303. The van der Waals surface area contributed by atoms with E-state index in [2.05, 4.69) is 6.58 Å². The van der Waals surface area contributed by atoms with Crippen molar-refractivity contribution in [3.05, 3.63) is 89.3 Å². The predicted octanol–water partition coefficient (Wildman–Crippen LogP) is 3.87. The maximum Gasteiger partial charge on any atom is 0.404 e. The predicted molar refractivity (Wildman–Crippen MR) is 130 cm³/mol. The standard InChI is InChI=1S/C26H26N4O5/c1-16(2)30(28)25(32)19-5-3-17(4-6-19)14-29-22-13-20(8-7-18(22)9-12-24(29)31)23-11-10-21(35-23)15-34-26(27)33/h3-8,10-11,13H,1,9,12,14-15,28H2,2H3,(H2,27,33). The number of nitrogens with zero attached hydrogens (tertiary/aromatic N) is 2. The van der Waals surface area contributed by atoms with Gasteiger partial charge in [0.25, 0.3) is 5.91 Å². The van der Waals surface area contributed by atoms with Gasteiger partial charge in [0, 0.05) is 28.9 Å². The van der Waals surface area contributed by atoms with Crippen LogP contribution in [0.15, 0.2) is 71.3 Å². The Hall–Kier alpha value is -4.37. The fourth-order valence-electron chi connectivity index (χ4n) is 3.86. The Morgan fingerprint density at radius 2 is 1.86 bits per heavy atom. The number of hydrogen-bond donors (Lipinski definition) is 2. The molecule has 0 radical (unpaired) electrons. The summed E-state index contributed by atoms with van der Waals surface area (Å²) in [6, 6.07) is 16.3. The van der Waals surface area contributed by atoms with E-state index in [1.807, 2.05) is 30.3 Å². The lowest BCUT2D eigenvalue weighted by Gasteiger charge is -2.30. The average Bonchev–Trinajstić information content (AvgIpc) is 3.33. The summed E-state index contributed by atoms with van der Waals surface area (Å²) in [5, 5.41) is 1.00. The van der Waals surface area contributed by atoms with E-state index >= 15 is 0 Å². The Morgan fingerprint density at radius 3 is 2.54 bits per heavy atom. The molecule has 0 bridgehead atoms. The minimum Gasteiger partial charge on any atom is -0.457 e. The maximum atomic E-state index is 12.9. The highest BCUT2D eigenvalue weighted by molar-refractivity contribution is 5.97. The zero-order valence-electron chi connectivity index (χ0n) is 19.3. The van der Waals surface area contributed by atoms with Gasteiger partial charge in [0.1, 0.15) is 11.5 Å². The molecule has 0 saturated heterocycles. The van der Waals surface area contributed by atoms with Gasteiger partial charge in [0.2, 0.25) is 5.91 Å². The van der Waals surface area contributed by atoms with E-state index in [0.29, 0.717) is 42.2 Å². The number of carbonyl (C=O) groups excluding carboxylic acids is 3. The topological polar surface area (TPSA) is 132 Å². The van der Waals surface area contributed by atoms with E-state index in [9.17, 15) is 14.4 Å². The van der Waals surface area contributed by atoms with Crippen LogP contribution in [0, 0.1) is 0 Å². The monoisotopic (exact) mass is 474 g/mol. The number of anilines is 1. The van der Waals surface area contributed by atoms with Crippen LogP contribution in [0.25, 0.3) is 11.3 Å². The summed E-state index contributed by atoms with van der Waals surface area (Å²) < 4.78 is 10.5. The van der Waals surface area contributed by atoms with Gasteiger partial charge in [0.15, 0.2) is 6.61 Å². The van der Waals surface area contributed by atoms with Crippen LogP contribution in [0.5, 0.6) is 0 Å². The molecule has 0 aliphatic carbocycles. The Labute approximate surface area is 202 Å². The first-order chi connectivity index (χ1) is 16.7. The van der Waals surface area contributed by atoms with Crippen molar-refractivity contribution in [1.82, 2.24) is 5.01 Å². The fraction of sp³-hybridized carbons (Fsp3) is 0.192. The van der Waals surface area contributed by atoms with Crippen LogP contribution in [-0.4, -0.2) is 22.9 Å². The maximum absolute atomic E-state index is 12.9. The molecule has 3 aromatic rings. The number of hydrogen-bond acceptors (Lipinski definition) is 6. The number of allylic oxidation sites excluding steroid dienone is 1. The molecule has 35 heavy (non-hydrogen) atoms. The molecule has 4 rings (SSSR count). The Kier molecular flexibility index (Phi) is 6.70. The molecule has 2 aromatic carbocycles. The molecule has 2 heterocycles. The van der Waals surface area contributed by atoms with E-state index < -0.39 is 6.09 Å². The number of furan rings is 1. The minimum atomic E-state index is -0.876. The van der Waals surface area contributed by atoms with E-state index in [-0.39, 0.29) is 18.4 Å². The zero-order valence-corrected chi connectivity index (χ0v) is 19.3. The van der Waals surface area contributed by atoms with Crippen molar-refractivity contribution >= 4 is 23.6 Å². The van der Waals surface area contributed by atoms with Crippen molar-refractivity contribution in [2.45, 2.75) is 32.9 Å². The van der Waals surface area contributed by atoms with Gasteiger partial charge in [-0.15, -0.1) is 0 Å². The van der Waals surface area contributed by atoms with E-state index in [0.717, 1.165) is 27.4 Å². The lowest BCUT2D eigenvalue weighted by molar-refractivity contribution is -0.119. The largest absolute Gasteiger partial charge is 0.457 e. The van der Waals surface area contributed by atoms with Gasteiger partial charge in [-0.2, -0.15) is 0 Å². The highest BCUT2D eigenvalue weighted by Gasteiger charge is 2.25. The first kappa shape index (κ1) is 23.8. The van der Waals surface area contributed by atoms with Gasteiger partial charge in [-0.3, -0.25) is 9.59 Å². The van der Waals surface area contributed by atoms with E-state index in [4.69, 9.17) is 20.7 Å². The number of primary amides is 1. The van der Waals surface area contributed by atoms with Gasteiger partial charge in [-0.05, 0) is 54.8 Å². The molecule has 9 heteroatoms. The fourth-order valence-corrected chi connectivity index (χ4v) is 3.86. The first-order valence-corrected chi connectivity index (χ1v) is 11.0. The van der Waals surface area contributed by atoms with Crippen molar-refractivity contribution < 1.29 is 23.5 Å². The summed E-state index contributed by atoms with van der Waals surface area (Å²) in [5.41, 5.74) is 9.40. The van der Waals surface area contributed by atoms with Gasteiger partial charge in [-0.1, -0.05) is 30.8 Å². The number of fused-ring (bicyclic) bond motifs is 1. The molecular formula is C26H26N4O5. The van der Waals surface area contributed by atoms with Crippen LogP contribution in [0.2, 0.25) is 0 Å². The molecule has 9 nitrogen and oxygen atoms in total. The highest BCUT2D eigenvalue weighted by Crippen LogP contribution is 2.34. The third-order valence-corrected chi connectivity index (χ3v) is 5.76. The first-order valence-electron chi connectivity index (χ1n) is 11.0. The number of aryl methyl sites for hydroxylation is 1. The van der Waals surface area contributed by atoms with Gasteiger partial charge in [0.05, 0.1) is 6.54 Å². The molecule has 180 valence electrons. The molecule has 0 atom stereocenters. The third kappa shape index (κ3) is 5.25. The second kappa shape index (κ2) is 9.86. The van der Waals surface area contributed by atoms with Gasteiger partial charge in [-0.25, -0.2) is 15.6 Å². The summed E-state index contributed by atoms with van der Waals surface area (Å²) in [5.74, 6) is 6.44. The number of hydrazine groups is 1. The van der Waals surface area contributed by atoms with Crippen LogP contribution in [0.4, 0.5) is 10.5 Å². The summed E-state index contributed by atoms with van der Waals surface area (Å²) in [6.07, 6.45) is 0.194. The molecule has 4 N–H and O–H groups in total. The Bertz CT molecular complexity index is 1300. The van der Waals surface area contributed by atoms with E-state index in [1.54, 1.807) is 36.1 Å². The van der Waals surface area contributed by atoms with Crippen molar-refractivity contribution in [3.8, 4) is 11.3 Å². The molecule has 0 unspecified atom stereocenters. The average molecular weight is 475 g/mol. The molecule has 0 spiro atoms. The van der Waals surface area contributed by atoms with E-state index in [1.165, 1.54) is 0 Å². The molecule has 1 aliphatic rings. The summed E-state index contributed by atoms with van der Waals surface area (Å²) in [7, 11) is 0. The molecule has 3 amide bonds. The second-order valence-corrected chi connectivity index (χ2v) is 8.30. The third-order valence-electron chi connectivity index (χ3n) is 5.76. The number of carbonyl (C=O) groups is 3. The second-order valence-electron chi connectivity index (χ2n) is 8.30. The SMILES string of the molecule is C=C(C)N(N)C(=O)c1ccc(CN2C(=O)CCc3ccc(-c4ccc(COC(N)=O)o4)cc32)cc1. The number of ether oxygens (including phenoxy) is 1. The molecule has 0 saturated carbocycles. The van der Waals surface area contributed by atoms with Crippen LogP contribution >= 0.6 is 0 Å².